The molecular formula is C20H22FP. The first-order valence-electron chi connectivity index (χ1n) is 7.54. The summed E-state index contributed by atoms with van der Waals surface area (Å²) in [6.07, 6.45) is 1.17. The monoisotopic (exact) mass is 312 g/mol. The van der Waals surface area contributed by atoms with Crippen molar-refractivity contribution >= 4 is 23.2 Å². The zero-order valence-electron chi connectivity index (χ0n) is 12.8. The summed E-state index contributed by atoms with van der Waals surface area (Å²) in [6, 6.07) is 33.1. The van der Waals surface area contributed by atoms with Crippen LogP contribution in [0.15, 0.2) is 91.0 Å². The molecule has 0 saturated heterocycles. The van der Waals surface area contributed by atoms with Gasteiger partial charge in [-0.2, -0.15) is 0 Å². The Morgan fingerprint density at radius 3 is 1.05 bits per heavy atom. The number of hydrogen-bond acceptors (Lipinski definition) is 0. The van der Waals surface area contributed by atoms with Crippen molar-refractivity contribution in [2.75, 3.05) is 6.16 Å². The fraction of sp³-hybridized carbons (Fsp3) is 0.100. The Morgan fingerprint density at radius 2 is 0.818 bits per heavy atom. The van der Waals surface area contributed by atoms with E-state index in [0.29, 0.717) is 0 Å². The van der Waals surface area contributed by atoms with E-state index in [9.17, 15) is 0 Å². The van der Waals surface area contributed by atoms with Gasteiger partial charge in [-0.25, -0.2) is 0 Å². The Labute approximate surface area is 132 Å². The maximum atomic E-state index is 2.33. The van der Waals surface area contributed by atoms with Crippen LogP contribution in [-0.4, -0.2) is 6.16 Å². The minimum absolute atomic E-state index is 0. The first-order valence-corrected chi connectivity index (χ1v) is 9.75. The Kier molecular flexibility index (Phi) is 5.46. The van der Waals surface area contributed by atoms with Crippen LogP contribution in [0.5, 0.6) is 0 Å². The fourth-order valence-corrected chi connectivity index (χ4v) is 7.79. The molecule has 0 unspecified atom stereocenters. The van der Waals surface area contributed by atoms with Gasteiger partial charge in [-0.15, -0.1) is 0 Å². The molecule has 3 aromatic carbocycles. The van der Waals surface area contributed by atoms with E-state index in [1.165, 1.54) is 22.1 Å². The van der Waals surface area contributed by atoms with Crippen LogP contribution in [0.4, 0.5) is 4.70 Å². The number of halogens is 1. The van der Waals surface area contributed by atoms with Gasteiger partial charge in [0.1, 0.15) is 0 Å². The van der Waals surface area contributed by atoms with Crippen molar-refractivity contribution in [2.45, 2.75) is 6.92 Å². The minimum atomic E-state index is -1.90. The van der Waals surface area contributed by atoms with Gasteiger partial charge in [-0.1, -0.05) is 0 Å². The topological polar surface area (TPSA) is 0 Å². The molecule has 0 aliphatic heterocycles. The van der Waals surface area contributed by atoms with Crippen LogP contribution in [0.3, 0.4) is 0 Å². The first-order chi connectivity index (χ1) is 10.4. The molecule has 0 atom stereocenters. The second kappa shape index (κ2) is 7.33. The van der Waals surface area contributed by atoms with E-state index in [-0.39, 0.29) is 4.70 Å². The molecular weight excluding hydrogens is 290 g/mol. The van der Waals surface area contributed by atoms with Gasteiger partial charge in [0.15, 0.2) is 0 Å². The molecule has 0 N–H and O–H groups in total. The average Bonchev–Trinajstić information content (AvgIpc) is 2.59. The molecule has 0 fully saturated rings. The van der Waals surface area contributed by atoms with E-state index in [2.05, 4.69) is 97.9 Å². The summed E-state index contributed by atoms with van der Waals surface area (Å²) in [4.78, 5) is 0. The maximum Gasteiger partial charge on any atom is -0.269 e. The number of hydrogen-bond donors (Lipinski definition) is 0. The van der Waals surface area contributed by atoms with Crippen LogP contribution in [0.1, 0.15) is 6.92 Å². The van der Waals surface area contributed by atoms with E-state index in [0.717, 1.165) is 0 Å². The Balaban J connectivity index is 0.00000176. The predicted octanol–water partition coefficient (Wildman–Crippen LogP) is 3.89. The van der Waals surface area contributed by atoms with Gasteiger partial charge in [0.2, 0.25) is 0 Å². The number of benzene rings is 3. The van der Waals surface area contributed by atoms with Crippen molar-refractivity contribution in [3.05, 3.63) is 91.0 Å². The van der Waals surface area contributed by atoms with E-state index < -0.39 is 7.26 Å². The molecule has 3 aromatic rings. The van der Waals surface area contributed by atoms with Crippen molar-refractivity contribution in [3.8, 4) is 0 Å². The molecule has 2 heteroatoms. The second-order valence-electron chi connectivity index (χ2n) is 5.36. The molecule has 0 bridgehead atoms. The number of rotatable bonds is 4. The van der Waals surface area contributed by atoms with Crippen molar-refractivity contribution in [1.29, 1.82) is 0 Å². The third kappa shape index (κ3) is 2.82. The molecule has 0 heterocycles. The third-order valence-electron chi connectivity index (χ3n) is 4.33. The van der Waals surface area contributed by atoms with Gasteiger partial charge in [0, 0.05) is 0 Å². The molecule has 3 rings (SSSR count). The SMILES string of the molecule is CC[PH](c1ccccc1)(c1ccccc1)c1ccccc1.F. The quantitative estimate of drug-likeness (QED) is 0.641. The summed E-state index contributed by atoms with van der Waals surface area (Å²) in [5.74, 6) is 0. The zero-order chi connectivity index (χ0) is 14.5. The molecule has 0 radical (unpaired) electrons. The zero-order valence-corrected chi connectivity index (χ0v) is 13.8. The Hall–Kier alpha value is -1.98. The minimum Gasteiger partial charge on any atom is -0.269 e. The van der Waals surface area contributed by atoms with E-state index >= 15 is 0 Å². The summed E-state index contributed by atoms with van der Waals surface area (Å²) in [5.41, 5.74) is 0. The molecule has 0 aromatic heterocycles. The van der Waals surface area contributed by atoms with Gasteiger partial charge in [0.25, 0.3) is 0 Å². The van der Waals surface area contributed by atoms with Crippen molar-refractivity contribution < 1.29 is 4.70 Å². The fourth-order valence-electron chi connectivity index (χ4n) is 3.28. The predicted molar refractivity (Wildman–Crippen MR) is 99.6 cm³/mol. The summed E-state index contributed by atoms with van der Waals surface area (Å²) >= 11 is 0. The smallest absolute Gasteiger partial charge is 0.269 e. The van der Waals surface area contributed by atoms with E-state index in [1.54, 1.807) is 0 Å². The molecule has 22 heavy (non-hydrogen) atoms. The van der Waals surface area contributed by atoms with Crippen LogP contribution < -0.4 is 15.9 Å². The molecule has 0 aliphatic rings. The maximum absolute atomic E-state index is 2.33. The molecule has 0 nitrogen and oxygen atoms in total. The van der Waals surface area contributed by atoms with Gasteiger partial charge >= 0.3 is 127 Å². The largest absolute Gasteiger partial charge is 0.269 e. The Bertz CT molecular complexity index is 584. The Morgan fingerprint density at radius 1 is 0.545 bits per heavy atom. The average molecular weight is 312 g/mol. The van der Waals surface area contributed by atoms with Crippen molar-refractivity contribution in [1.82, 2.24) is 0 Å². The van der Waals surface area contributed by atoms with E-state index in [4.69, 9.17) is 0 Å². The van der Waals surface area contributed by atoms with Gasteiger partial charge in [0.05, 0.1) is 0 Å². The second-order valence-corrected chi connectivity index (χ2v) is 9.61. The molecule has 0 spiro atoms. The van der Waals surface area contributed by atoms with Gasteiger partial charge in [-0.3, -0.25) is 4.70 Å². The van der Waals surface area contributed by atoms with Crippen molar-refractivity contribution in [2.24, 2.45) is 0 Å². The van der Waals surface area contributed by atoms with E-state index in [1.807, 2.05) is 0 Å². The molecule has 0 amide bonds. The summed E-state index contributed by atoms with van der Waals surface area (Å²) in [7, 11) is -1.90. The summed E-state index contributed by atoms with van der Waals surface area (Å²) < 4.78 is 0. The standard InChI is InChI=1S/C20H21P.FH/c1-2-21(18-12-6-3-7-13-18,19-14-8-4-9-15-19)20-16-10-5-11-17-20;/h3-17,21H,2H2,1H3;1H. The van der Waals surface area contributed by atoms with Crippen molar-refractivity contribution in [3.63, 3.8) is 0 Å². The third-order valence-corrected chi connectivity index (χ3v) is 9.35. The van der Waals surface area contributed by atoms with Crippen LogP contribution in [-0.2, 0) is 0 Å². The summed E-state index contributed by atoms with van der Waals surface area (Å²) in [6.45, 7) is 2.33. The molecule has 114 valence electrons. The van der Waals surface area contributed by atoms with Gasteiger partial charge in [-0.05, 0) is 0 Å². The van der Waals surface area contributed by atoms with Crippen LogP contribution in [0.25, 0.3) is 0 Å². The normalized spacial score (nSPS) is 11.5. The molecule has 0 aliphatic carbocycles. The summed E-state index contributed by atoms with van der Waals surface area (Å²) in [5, 5.41) is 4.47. The van der Waals surface area contributed by atoms with Crippen LogP contribution in [0, 0.1) is 0 Å². The van der Waals surface area contributed by atoms with Crippen LogP contribution in [0.2, 0.25) is 0 Å². The van der Waals surface area contributed by atoms with Gasteiger partial charge < -0.3 is 0 Å². The first kappa shape index (κ1) is 16.4. The molecule has 0 saturated carbocycles. The van der Waals surface area contributed by atoms with Crippen LogP contribution >= 0.6 is 7.26 Å².